The summed E-state index contributed by atoms with van der Waals surface area (Å²) in [5.41, 5.74) is 1.48. The second kappa shape index (κ2) is 10.6. The van der Waals surface area contributed by atoms with E-state index in [2.05, 4.69) is 11.6 Å². The van der Waals surface area contributed by atoms with E-state index in [9.17, 15) is 14.0 Å². The van der Waals surface area contributed by atoms with E-state index in [1.807, 2.05) is 25.7 Å². The van der Waals surface area contributed by atoms with Crippen LogP contribution in [0.15, 0.2) is 47.8 Å². The number of rotatable bonds is 6. The summed E-state index contributed by atoms with van der Waals surface area (Å²) in [5, 5.41) is 0.314. The lowest BCUT2D eigenvalue weighted by Crippen LogP contribution is -2.58. The predicted octanol–water partition coefficient (Wildman–Crippen LogP) is 5.19. The summed E-state index contributed by atoms with van der Waals surface area (Å²) >= 11 is 0. The summed E-state index contributed by atoms with van der Waals surface area (Å²) in [6, 6.07) is 6.69. The summed E-state index contributed by atoms with van der Waals surface area (Å²) in [6.45, 7) is 10.0. The fourth-order valence-corrected chi connectivity index (χ4v) is 6.34. The Morgan fingerprint density at radius 1 is 0.932 bits per heavy atom. The molecule has 44 heavy (non-hydrogen) atoms. The van der Waals surface area contributed by atoms with Crippen molar-refractivity contribution in [1.82, 2.24) is 29.4 Å². The molecule has 7 rings (SSSR count). The monoisotopic (exact) mass is 597 g/mol. The molecule has 3 fully saturated rings. The number of hydrogen-bond acceptors (Lipinski definition) is 7. The number of carbonyl (C=O) groups excluding carboxylic acids is 1. The largest absolute Gasteiger partial charge is 0.355 e. The highest BCUT2D eigenvalue weighted by Gasteiger charge is 2.38. The highest BCUT2D eigenvalue weighted by Crippen LogP contribution is 2.48. The third-order valence-corrected chi connectivity index (χ3v) is 8.85. The topological polar surface area (TPSA) is 97.1 Å². The molecule has 0 unspecified atom stereocenters. The van der Waals surface area contributed by atoms with Gasteiger partial charge in [0.15, 0.2) is 5.65 Å². The van der Waals surface area contributed by atoms with Gasteiger partial charge < -0.3 is 9.80 Å². The lowest BCUT2D eigenvalue weighted by atomic mass is 10.1. The molecule has 2 saturated carbocycles. The quantitative estimate of drug-likeness (QED) is 0.282. The van der Waals surface area contributed by atoms with Crippen molar-refractivity contribution < 1.29 is 13.6 Å². The first kappa shape index (κ1) is 28.2. The van der Waals surface area contributed by atoms with Gasteiger partial charge in [0.1, 0.15) is 29.0 Å². The van der Waals surface area contributed by atoms with Gasteiger partial charge in [-0.3, -0.25) is 4.79 Å². The van der Waals surface area contributed by atoms with Gasteiger partial charge in [-0.25, -0.2) is 33.1 Å². The fourth-order valence-electron chi connectivity index (χ4n) is 6.34. The van der Waals surface area contributed by atoms with Gasteiger partial charge in [-0.1, -0.05) is 18.7 Å². The molecule has 2 aliphatic carbocycles. The van der Waals surface area contributed by atoms with E-state index in [1.165, 1.54) is 34.9 Å². The van der Waals surface area contributed by atoms with Gasteiger partial charge in [0.2, 0.25) is 5.91 Å². The first-order valence-corrected chi connectivity index (χ1v) is 15.1. The second-order valence-corrected chi connectivity index (χ2v) is 12.2. The molecule has 1 amide bonds. The van der Waals surface area contributed by atoms with Crippen LogP contribution in [0.25, 0.3) is 28.0 Å². The maximum Gasteiger partial charge on any atom is 0.355 e. The zero-order chi connectivity index (χ0) is 30.9. The minimum Gasteiger partial charge on any atom is -0.349 e. The predicted molar refractivity (Wildman–Crippen MR) is 163 cm³/mol. The van der Waals surface area contributed by atoms with Gasteiger partial charge in [0, 0.05) is 42.6 Å². The Labute approximate surface area is 253 Å². The zero-order valence-corrected chi connectivity index (χ0v) is 24.9. The zero-order valence-electron chi connectivity index (χ0n) is 24.9. The molecule has 2 atom stereocenters. The molecule has 3 aromatic heterocycles. The van der Waals surface area contributed by atoms with Crippen molar-refractivity contribution in [1.29, 1.82) is 0 Å². The molecule has 3 aliphatic rings. The Morgan fingerprint density at radius 3 is 2.20 bits per heavy atom. The third kappa shape index (κ3) is 4.74. The van der Waals surface area contributed by atoms with E-state index in [4.69, 9.17) is 15.0 Å². The Kier molecular flexibility index (Phi) is 6.78. The van der Waals surface area contributed by atoms with Crippen LogP contribution in [0, 0.1) is 18.6 Å². The molecule has 226 valence electrons. The van der Waals surface area contributed by atoms with Crippen LogP contribution in [0.4, 0.5) is 14.6 Å². The van der Waals surface area contributed by atoms with Crippen LogP contribution in [0.1, 0.15) is 68.6 Å². The Hall–Kier alpha value is -4.54. The van der Waals surface area contributed by atoms with Crippen molar-refractivity contribution in [3.8, 4) is 16.9 Å². The molecule has 9 nitrogen and oxygen atoms in total. The normalized spacial score (nSPS) is 20.3. The van der Waals surface area contributed by atoms with Crippen LogP contribution < -0.4 is 10.6 Å². The van der Waals surface area contributed by atoms with Crippen molar-refractivity contribution in [3.63, 3.8) is 0 Å². The van der Waals surface area contributed by atoms with Crippen molar-refractivity contribution in [2.24, 2.45) is 0 Å². The van der Waals surface area contributed by atoms with E-state index in [-0.39, 0.29) is 52.5 Å². The number of aromatic nitrogens is 5. The number of nitrogens with zero attached hydrogens (tertiary/aromatic N) is 7. The first-order chi connectivity index (χ1) is 21.2. The van der Waals surface area contributed by atoms with Gasteiger partial charge in [0.05, 0.1) is 22.5 Å². The number of anilines is 1. The lowest BCUT2D eigenvalue weighted by molar-refractivity contribution is -0.128. The summed E-state index contributed by atoms with van der Waals surface area (Å²) in [6.07, 6.45) is 5.05. The molecular weight excluding hydrogens is 564 g/mol. The molecule has 1 saturated heterocycles. The molecule has 0 N–H and O–H groups in total. The number of pyridine rings is 1. The Morgan fingerprint density at radius 2 is 1.59 bits per heavy atom. The van der Waals surface area contributed by atoms with Crippen molar-refractivity contribution in [2.45, 2.75) is 70.4 Å². The summed E-state index contributed by atoms with van der Waals surface area (Å²) in [7, 11) is 0. The maximum absolute atomic E-state index is 16.0. The number of hydrogen-bond donors (Lipinski definition) is 0. The SMILES string of the molecule is C=CC(=O)N1C[C@H](C)N(c2nc(=O)n(-c3c(C4CC4)nc(C)nc3C3CC3)c3nc(-c4ccccc4F)c(F)cc23)C[C@H]1C. The number of benzene rings is 1. The molecule has 1 aliphatic heterocycles. The molecule has 0 spiro atoms. The Bertz CT molecular complexity index is 1870. The number of aryl methyl sites for hydroxylation is 1. The van der Waals surface area contributed by atoms with E-state index < -0.39 is 17.3 Å². The number of carbonyl (C=O) groups is 1. The lowest BCUT2D eigenvalue weighted by Gasteiger charge is -2.44. The standard InChI is InChI=1S/C33H33F2N7O2/c1-5-26(43)40-15-18(3)41(16-17(40)2)31-23-14-25(35)29(22-8-6-7-9-24(22)34)38-32(23)42(33(44)39-31)30-27(20-10-11-20)36-19(4)37-28(30)21-12-13-21/h5-9,14,17-18,20-21H,1,10-13,15-16H2,2-4H3/t17-,18+/m1/s1. The van der Waals surface area contributed by atoms with E-state index in [0.29, 0.717) is 30.0 Å². The van der Waals surface area contributed by atoms with Gasteiger partial charge in [0.25, 0.3) is 0 Å². The molecule has 11 heteroatoms. The average molecular weight is 598 g/mol. The van der Waals surface area contributed by atoms with Gasteiger partial charge in [-0.2, -0.15) is 4.98 Å². The second-order valence-electron chi connectivity index (χ2n) is 12.2. The van der Waals surface area contributed by atoms with Crippen LogP contribution in [0.5, 0.6) is 0 Å². The molecule has 0 bridgehead atoms. The number of fused-ring (bicyclic) bond motifs is 1. The van der Waals surface area contributed by atoms with Gasteiger partial charge in [-0.05, 0) is 70.7 Å². The summed E-state index contributed by atoms with van der Waals surface area (Å²) < 4.78 is 32.4. The van der Waals surface area contributed by atoms with Crippen LogP contribution >= 0.6 is 0 Å². The third-order valence-electron chi connectivity index (χ3n) is 8.85. The maximum atomic E-state index is 16.0. The van der Waals surface area contributed by atoms with Crippen molar-refractivity contribution in [3.05, 3.63) is 82.3 Å². The summed E-state index contributed by atoms with van der Waals surface area (Å²) in [4.78, 5) is 49.3. The molecule has 4 aromatic rings. The molecule has 1 aromatic carbocycles. The highest BCUT2D eigenvalue weighted by molar-refractivity contribution is 5.91. The first-order valence-electron chi connectivity index (χ1n) is 15.1. The smallest absolute Gasteiger partial charge is 0.349 e. The van der Waals surface area contributed by atoms with Crippen LogP contribution in [0.3, 0.4) is 0 Å². The van der Waals surface area contributed by atoms with Crippen molar-refractivity contribution >= 4 is 22.8 Å². The average Bonchev–Trinajstić information content (AvgIpc) is 3.92. The molecular formula is C33H33F2N7O2. The van der Waals surface area contributed by atoms with E-state index >= 15 is 4.39 Å². The van der Waals surface area contributed by atoms with Crippen LogP contribution in [-0.4, -0.2) is 60.5 Å². The fraction of sp³-hybridized carbons (Fsp3) is 0.394. The van der Waals surface area contributed by atoms with Crippen LogP contribution in [-0.2, 0) is 4.79 Å². The van der Waals surface area contributed by atoms with Crippen molar-refractivity contribution in [2.75, 3.05) is 18.0 Å². The summed E-state index contributed by atoms with van der Waals surface area (Å²) in [5.74, 6) is -0.279. The minimum absolute atomic E-state index is 0.00667. The highest BCUT2D eigenvalue weighted by atomic mass is 19.1. The number of piperazine rings is 1. The minimum atomic E-state index is -0.734. The van der Waals surface area contributed by atoms with Gasteiger partial charge >= 0.3 is 5.69 Å². The molecule has 4 heterocycles. The van der Waals surface area contributed by atoms with Gasteiger partial charge in [-0.15, -0.1) is 0 Å². The molecule has 0 radical (unpaired) electrons. The van der Waals surface area contributed by atoms with E-state index in [0.717, 1.165) is 37.1 Å². The Balaban J connectivity index is 1.51. The van der Waals surface area contributed by atoms with E-state index in [1.54, 1.807) is 11.0 Å². The number of amides is 1. The van der Waals surface area contributed by atoms with Crippen LogP contribution in [0.2, 0.25) is 0 Å². The number of halogens is 2.